The van der Waals surface area contributed by atoms with E-state index in [9.17, 15) is 22.4 Å². The van der Waals surface area contributed by atoms with E-state index in [1.165, 1.54) is 0 Å². The first kappa shape index (κ1) is 18.8. The summed E-state index contributed by atoms with van der Waals surface area (Å²) >= 11 is 0. The summed E-state index contributed by atoms with van der Waals surface area (Å²) in [4.78, 5) is 12.2. The molecule has 2 aromatic carbocycles. The van der Waals surface area contributed by atoms with Crippen LogP contribution in [0.25, 0.3) is 0 Å². The van der Waals surface area contributed by atoms with Crippen LogP contribution in [0.1, 0.15) is 24.5 Å². The average molecular weight is 355 g/mol. The van der Waals surface area contributed by atoms with Gasteiger partial charge in [0.25, 0.3) is 5.91 Å². The lowest BCUT2D eigenvalue weighted by Crippen LogP contribution is -2.37. The maximum Gasteiger partial charge on any atom is 0.419 e. The molecule has 0 aliphatic heterocycles. The Morgan fingerprint density at radius 3 is 2.44 bits per heavy atom. The molecule has 0 spiro atoms. The van der Waals surface area contributed by atoms with Gasteiger partial charge in [-0.1, -0.05) is 37.3 Å². The number of ether oxygens (including phenoxy) is 1. The number of carbonyl (C=O) groups excluding carboxylic acids is 1. The van der Waals surface area contributed by atoms with Gasteiger partial charge in [-0.05, 0) is 30.2 Å². The average Bonchev–Trinajstić information content (AvgIpc) is 2.58. The number of hydrogen-bond donors (Lipinski definition) is 1. The van der Waals surface area contributed by atoms with Gasteiger partial charge in [0, 0.05) is 6.54 Å². The number of amides is 1. The van der Waals surface area contributed by atoms with E-state index in [1.807, 2.05) is 30.3 Å². The van der Waals surface area contributed by atoms with Crippen LogP contribution in [0.5, 0.6) is 5.75 Å². The van der Waals surface area contributed by atoms with Crippen LogP contribution in [-0.2, 0) is 17.5 Å². The molecular formula is C18H17F4NO2. The van der Waals surface area contributed by atoms with Crippen molar-refractivity contribution in [3.63, 3.8) is 0 Å². The van der Waals surface area contributed by atoms with Crippen LogP contribution in [-0.4, -0.2) is 12.0 Å². The van der Waals surface area contributed by atoms with Crippen molar-refractivity contribution in [2.45, 2.75) is 32.2 Å². The zero-order valence-corrected chi connectivity index (χ0v) is 13.4. The van der Waals surface area contributed by atoms with Gasteiger partial charge < -0.3 is 10.1 Å². The van der Waals surface area contributed by atoms with Crippen molar-refractivity contribution in [3.8, 4) is 5.75 Å². The minimum absolute atomic E-state index is 0.213. The van der Waals surface area contributed by atoms with Gasteiger partial charge in [0.05, 0.1) is 5.56 Å². The number of hydrogen-bond acceptors (Lipinski definition) is 2. The van der Waals surface area contributed by atoms with Crippen LogP contribution in [0.15, 0.2) is 48.5 Å². The number of carbonyl (C=O) groups is 1. The molecule has 0 radical (unpaired) electrons. The smallest absolute Gasteiger partial charge is 0.419 e. The molecule has 0 saturated carbocycles. The van der Waals surface area contributed by atoms with Crippen molar-refractivity contribution in [2.75, 3.05) is 0 Å². The molecule has 2 rings (SSSR count). The van der Waals surface area contributed by atoms with E-state index in [-0.39, 0.29) is 18.7 Å². The van der Waals surface area contributed by atoms with E-state index in [2.05, 4.69) is 5.32 Å². The molecule has 1 atom stereocenters. The Balaban J connectivity index is 2.05. The molecule has 1 amide bonds. The second-order valence-electron chi connectivity index (χ2n) is 5.36. The highest BCUT2D eigenvalue weighted by atomic mass is 19.4. The number of benzene rings is 2. The van der Waals surface area contributed by atoms with E-state index < -0.39 is 29.6 Å². The van der Waals surface area contributed by atoms with E-state index in [4.69, 9.17) is 4.74 Å². The Kier molecular flexibility index (Phi) is 6.01. The van der Waals surface area contributed by atoms with Gasteiger partial charge in [-0.2, -0.15) is 13.2 Å². The lowest BCUT2D eigenvalue weighted by Gasteiger charge is -2.18. The van der Waals surface area contributed by atoms with Crippen LogP contribution in [0, 0.1) is 5.82 Å². The van der Waals surface area contributed by atoms with Crippen molar-refractivity contribution >= 4 is 5.91 Å². The summed E-state index contributed by atoms with van der Waals surface area (Å²) in [6.07, 6.45) is -5.56. The fourth-order valence-electron chi connectivity index (χ4n) is 2.18. The molecule has 0 aliphatic carbocycles. The summed E-state index contributed by atoms with van der Waals surface area (Å²) < 4.78 is 56.8. The maximum absolute atomic E-state index is 13.3. The highest BCUT2D eigenvalue weighted by molar-refractivity contribution is 5.81. The number of halogens is 4. The summed E-state index contributed by atoms with van der Waals surface area (Å²) in [6.45, 7) is 1.94. The van der Waals surface area contributed by atoms with Gasteiger partial charge in [0.2, 0.25) is 0 Å². The normalized spacial score (nSPS) is 12.5. The summed E-state index contributed by atoms with van der Waals surface area (Å²) in [7, 11) is 0. The van der Waals surface area contributed by atoms with Crippen molar-refractivity contribution in [3.05, 3.63) is 65.5 Å². The Bertz CT molecular complexity index is 717. The summed E-state index contributed by atoms with van der Waals surface area (Å²) in [6, 6.07) is 11.5. The van der Waals surface area contributed by atoms with Gasteiger partial charge >= 0.3 is 6.18 Å². The Hall–Kier alpha value is -2.57. The molecule has 2 aromatic rings. The second-order valence-corrected chi connectivity index (χ2v) is 5.36. The van der Waals surface area contributed by atoms with E-state index >= 15 is 0 Å². The molecule has 0 heterocycles. The first-order valence-electron chi connectivity index (χ1n) is 7.66. The first-order valence-corrected chi connectivity index (χ1v) is 7.66. The minimum Gasteiger partial charge on any atom is -0.481 e. The SMILES string of the molecule is CC[C@H](Oc1ccc(F)c(C(F)(F)F)c1)C(=O)NCc1ccccc1. The molecule has 0 aromatic heterocycles. The van der Waals surface area contributed by atoms with Gasteiger partial charge in [-0.3, -0.25) is 4.79 Å². The number of nitrogens with one attached hydrogen (secondary N) is 1. The van der Waals surface area contributed by atoms with Gasteiger partial charge in [0.1, 0.15) is 11.6 Å². The third-order valence-corrected chi connectivity index (χ3v) is 3.49. The summed E-state index contributed by atoms with van der Waals surface area (Å²) in [5, 5.41) is 2.67. The van der Waals surface area contributed by atoms with E-state index in [0.717, 1.165) is 11.6 Å². The van der Waals surface area contributed by atoms with Crippen LogP contribution in [0.3, 0.4) is 0 Å². The van der Waals surface area contributed by atoms with Crippen molar-refractivity contribution < 1.29 is 27.1 Å². The van der Waals surface area contributed by atoms with Crippen molar-refractivity contribution in [1.29, 1.82) is 0 Å². The van der Waals surface area contributed by atoms with Crippen molar-refractivity contribution in [1.82, 2.24) is 5.32 Å². The fraction of sp³-hybridized carbons (Fsp3) is 0.278. The fourth-order valence-corrected chi connectivity index (χ4v) is 2.18. The molecule has 0 saturated heterocycles. The predicted octanol–water partition coefficient (Wildman–Crippen LogP) is 4.32. The molecule has 134 valence electrons. The summed E-state index contributed by atoms with van der Waals surface area (Å²) in [5.74, 6) is -2.05. The molecule has 0 unspecified atom stereocenters. The standard InChI is InChI=1S/C18H17F4NO2/c1-2-16(17(24)23-11-12-6-4-3-5-7-12)25-13-8-9-15(19)14(10-13)18(20,21)22/h3-10,16H,2,11H2,1H3,(H,23,24)/t16-/m0/s1. The molecule has 3 nitrogen and oxygen atoms in total. The Morgan fingerprint density at radius 1 is 1.16 bits per heavy atom. The van der Waals surface area contributed by atoms with Crippen LogP contribution < -0.4 is 10.1 Å². The topological polar surface area (TPSA) is 38.3 Å². The Morgan fingerprint density at radius 2 is 1.84 bits per heavy atom. The minimum atomic E-state index is -4.83. The number of alkyl halides is 3. The molecule has 25 heavy (non-hydrogen) atoms. The van der Waals surface area contributed by atoms with Gasteiger partial charge in [0.15, 0.2) is 6.10 Å². The number of rotatable bonds is 6. The lowest BCUT2D eigenvalue weighted by molar-refractivity contribution is -0.140. The van der Waals surface area contributed by atoms with E-state index in [0.29, 0.717) is 12.1 Å². The maximum atomic E-state index is 13.3. The van der Waals surface area contributed by atoms with E-state index in [1.54, 1.807) is 6.92 Å². The third kappa shape index (κ3) is 5.20. The zero-order valence-electron chi connectivity index (χ0n) is 13.4. The largest absolute Gasteiger partial charge is 0.481 e. The second kappa shape index (κ2) is 8.00. The molecule has 0 fully saturated rings. The van der Waals surface area contributed by atoms with Crippen LogP contribution in [0.2, 0.25) is 0 Å². The van der Waals surface area contributed by atoms with Crippen LogP contribution >= 0.6 is 0 Å². The monoisotopic (exact) mass is 355 g/mol. The molecule has 7 heteroatoms. The van der Waals surface area contributed by atoms with Gasteiger partial charge in [-0.25, -0.2) is 4.39 Å². The molecule has 0 aliphatic rings. The van der Waals surface area contributed by atoms with Gasteiger partial charge in [-0.15, -0.1) is 0 Å². The molecule has 1 N–H and O–H groups in total. The Labute approximate surface area is 142 Å². The summed E-state index contributed by atoms with van der Waals surface area (Å²) in [5.41, 5.74) is -0.545. The first-order chi connectivity index (χ1) is 11.8. The van der Waals surface area contributed by atoms with Crippen LogP contribution in [0.4, 0.5) is 17.6 Å². The quantitative estimate of drug-likeness (QED) is 0.784. The van der Waals surface area contributed by atoms with Crippen molar-refractivity contribution in [2.24, 2.45) is 0 Å². The highest BCUT2D eigenvalue weighted by Crippen LogP contribution is 2.33. The third-order valence-electron chi connectivity index (χ3n) is 3.49. The predicted molar refractivity (Wildman–Crippen MR) is 84.4 cm³/mol. The lowest BCUT2D eigenvalue weighted by atomic mass is 10.2. The highest BCUT2D eigenvalue weighted by Gasteiger charge is 2.34. The zero-order chi connectivity index (χ0) is 18.4. The molecule has 0 bridgehead atoms. The molecular weight excluding hydrogens is 338 g/mol.